The molecule has 1 aliphatic rings. The maximum atomic E-state index is 13.5. The van der Waals surface area contributed by atoms with Gasteiger partial charge in [-0.05, 0) is 66.3 Å². The molecule has 0 aliphatic carbocycles. The summed E-state index contributed by atoms with van der Waals surface area (Å²) >= 11 is 2.04. The van der Waals surface area contributed by atoms with Crippen molar-refractivity contribution in [3.8, 4) is 17.2 Å². The Morgan fingerprint density at radius 1 is 1.22 bits per heavy atom. The second-order valence-electron chi connectivity index (χ2n) is 7.42. The topological polar surface area (TPSA) is 68.2 Å². The Hall–Kier alpha value is -2.21. The molecule has 0 spiro atoms. The molecule has 0 saturated carbocycles. The molecule has 0 fully saturated rings. The van der Waals surface area contributed by atoms with E-state index in [1.807, 2.05) is 29.5 Å². The average molecular weight is 565 g/mol. The van der Waals surface area contributed by atoms with Gasteiger partial charge in [0.05, 0.1) is 18.4 Å². The second-order valence-corrected chi connectivity index (χ2v) is 8.59. The fourth-order valence-corrected chi connectivity index (χ4v) is 3.89. The van der Waals surface area contributed by atoms with Gasteiger partial charge in [0.1, 0.15) is 5.75 Å². The number of halogens is 4. The molecule has 1 aliphatic heterocycles. The van der Waals surface area contributed by atoms with Gasteiger partial charge in [0.2, 0.25) is 6.79 Å². The number of ether oxygens (including phenoxy) is 3. The smallest absolute Gasteiger partial charge is 0.421 e. The monoisotopic (exact) mass is 565 g/mol. The highest BCUT2D eigenvalue weighted by molar-refractivity contribution is 14.1. The van der Waals surface area contributed by atoms with Crippen molar-refractivity contribution in [2.45, 2.75) is 38.5 Å². The number of unbranched alkanes of at least 4 members (excludes halogenated alkanes) is 1. The lowest BCUT2D eigenvalue weighted by Crippen LogP contribution is -2.39. The fraction of sp³-hybridized carbons (Fsp3) is 0.409. The highest BCUT2D eigenvalue weighted by Crippen LogP contribution is 2.51. The summed E-state index contributed by atoms with van der Waals surface area (Å²) in [5.74, 6) is -0.0748. The van der Waals surface area contributed by atoms with Crippen LogP contribution in [0.15, 0.2) is 30.3 Å². The predicted octanol–water partition coefficient (Wildman–Crippen LogP) is 5.25. The van der Waals surface area contributed by atoms with Crippen LogP contribution in [0.3, 0.4) is 0 Å². The summed E-state index contributed by atoms with van der Waals surface area (Å²) < 4.78 is 57.1. The number of anilines is 1. The quantitative estimate of drug-likeness (QED) is 0.465. The molecule has 0 radical (unpaired) electrons. The lowest BCUT2D eigenvalue weighted by atomic mass is 9.93. The van der Waals surface area contributed by atoms with E-state index in [1.165, 1.54) is 18.1 Å². The molecule has 1 N–H and O–H groups in total. The number of hydrogen-bond donors (Lipinski definition) is 1. The number of carbonyl (C=O) groups excluding carboxylic acids is 1. The molecule has 1 amide bonds. The number of benzene rings is 2. The number of amides is 1. The summed E-state index contributed by atoms with van der Waals surface area (Å²) in [6.45, 7) is 2.61. The molecule has 0 bridgehead atoms. The van der Waals surface area contributed by atoms with Gasteiger partial charge in [-0.3, -0.25) is 4.79 Å². The van der Waals surface area contributed by atoms with Crippen molar-refractivity contribution < 1.29 is 37.3 Å². The van der Waals surface area contributed by atoms with E-state index in [0.717, 1.165) is 12.5 Å². The normalized spacial score (nSPS) is 14.8. The molecule has 174 valence electrons. The van der Waals surface area contributed by atoms with E-state index in [-0.39, 0.29) is 29.9 Å². The molecule has 0 saturated heterocycles. The summed E-state index contributed by atoms with van der Waals surface area (Å²) in [5, 5.41) is 10.2. The molecule has 2 aromatic rings. The summed E-state index contributed by atoms with van der Waals surface area (Å²) in [7, 11) is 1.49. The first-order valence-electron chi connectivity index (χ1n) is 9.90. The van der Waals surface area contributed by atoms with E-state index in [9.17, 15) is 23.1 Å². The molecular formula is C22H23F3INO5. The molecular weight excluding hydrogens is 542 g/mol. The highest BCUT2D eigenvalue weighted by Gasteiger charge is 2.53. The van der Waals surface area contributed by atoms with Gasteiger partial charge >= 0.3 is 6.18 Å². The Bertz CT molecular complexity index is 1010. The van der Waals surface area contributed by atoms with Crippen molar-refractivity contribution >= 4 is 34.2 Å². The van der Waals surface area contributed by atoms with Gasteiger partial charge in [-0.1, -0.05) is 13.3 Å². The van der Waals surface area contributed by atoms with Crippen LogP contribution in [0.5, 0.6) is 17.2 Å². The van der Waals surface area contributed by atoms with E-state index in [1.54, 1.807) is 18.2 Å². The average Bonchev–Trinajstić information content (AvgIpc) is 3.23. The zero-order chi connectivity index (χ0) is 23.7. The van der Waals surface area contributed by atoms with E-state index in [2.05, 4.69) is 0 Å². The minimum absolute atomic E-state index is 0.00520. The number of nitrogens with zero attached hydrogens (tertiary/aromatic N) is 1. The summed E-state index contributed by atoms with van der Waals surface area (Å²) in [5.41, 5.74) is -2.96. The Morgan fingerprint density at radius 3 is 2.53 bits per heavy atom. The zero-order valence-corrected chi connectivity index (χ0v) is 19.9. The van der Waals surface area contributed by atoms with Crippen LogP contribution < -0.4 is 19.1 Å². The maximum Gasteiger partial charge on any atom is 0.421 e. The first-order chi connectivity index (χ1) is 15.0. The van der Waals surface area contributed by atoms with E-state index >= 15 is 0 Å². The number of carbonyl (C=O) groups is 1. The molecule has 1 unspecified atom stereocenters. The third-order valence-corrected chi connectivity index (χ3v) is 6.19. The molecule has 32 heavy (non-hydrogen) atoms. The van der Waals surface area contributed by atoms with Gasteiger partial charge in [-0.2, -0.15) is 13.2 Å². The molecule has 2 aromatic carbocycles. The van der Waals surface area contributed by atoms with Crippen LogP contribution in [0.4, 0.5) is 18.9 Å². The zero-order valence-electron chi connectivity index (χ0n) is 17.8. The fourth-order valence-electron chi connectivity index (χ4n) is 3.32. The van der Waals surface area contributed by atoms with E-state index in [0.29, 0.717) is 34.8 Å². The van der Waals surface area contributed by atoms with Crippen LogP contribution in [0.2, 0.25) is 0 Å². The second kappa shape index (κ2) is 9.34. The predicted molar refractivity (Wildman–Crippen MR) is 120 cm³/mol. The maximum absolute atomic E-state index is 13.5. The van der Waals surface area contributed by atoms with Crippen molar-refractivity contribution in [3.05, 3.63) is 45.0 Å². The van der Waals surface area contributed by atoms with Crippen molar-refractivity contribution in [2.24, 2.45) is 0 Å². The summed E-state index contributed by atoms with van der Waals surface area (Å²) in [6, 6.07) is 7.57. The van der Waals surface area contributed by atoms with Crippen LogP contribution in [0, 0.1) is 3.57 Å². The van der Waals surface area contributed by atoms with Gasteiger partial charge in [-0.15, -0.1) is 0 Å². The number of alkyl halides is 3. The third-order valence-electron chi connectivity index (χ3n) is 5.25. The van der Waals surface area contributed by atoms with E-state index < -0.39 is 17.3 Å². The summed E-state index contributed by atoms with van der Waals surface area (Å²) in [6.07, 6.45) is -3.48. The molecule has 0 aromatic heterocycles. The lowest BCUT2D eigenvalue weighted by molar-refractivity contribution is -0.259. The van der Waals surface area contributed by atoms with Crippen molar-refractivity contribution in [1.29, 1.82) is 0 Å². The molecule has 3 rings (SSSR count). The Labute approximate surface area is 197 Å². The van der Waals surface area contributed by atoms with Gasteiger partial charge in [0.15, 0.2) is 17.1 Å². The first-order valence-corrected chi connectivity index (χ1v) is 11.0. The largest absolute Gasteiger partial charge is 0.497 e. The summed E-state index contributed by atoms with van der Waals surface area (Å²) in [4.78, 5) is 15.0. The third kappa shape index (κ3) is 4.47. The van der Waals surface area contributed by atoms with Crippen molar-refractivity contribution in [2.75, 3.05) is 25.3 Å². The van der Waals surface area contributed by atoms with Crippen molar-refractivity contribution in [3.63, 3.8) is 0 Å². The van der Waals surface area contributed by atoms with Crippen LogP contribution in [-0.2, 0) is 5.60 Å². The van der Waals surface area contributed by atoms with Gasteiger partial charge < -0.3 is 24.2 Å². The minimum Gasteiger partial charge on any atom is -0.497 e. The molecule has 10 heteroatoms. The van der Waals surface area contributed by atoms with Crippen LogP contribution >= 0.6 is 22.6 Å². The Morgan fingerprint density at radius 2 is 1.91 bits per heavy atom. The van der Waals surface area contributed by atoms with Gasteiger partial charge in [-0.25, -0.2) is 0 Å². The first kappa shape index (κ1) is 24.4. The SMILES string of the molecule is CCCCN(C(=O)c1cc(OC)ccc1I)c1ccc(C(C)(O)C(F)(F)F)c2c1OCO2. The lowest BCUT2D eigenvalue weighted by Gasteiger charge is -2.29. The van der Waals surface area contributed by atoms with E-state index in [4.69, 9.17) is 14.2 Å². The van der Waals surface area contributed by atoms with Crippen LogP contribution in [0.25, 0.3) is 0 Å². The van der Waals surface area contributed by atoms with Crippen LogP contribution in [-0.4, -0.2) is 37.6 Å². The number of rotatable bonds is 7. The minimum atomic E-state index is -4.93. The Balaban J connectivity index is 2.12. The van der Waals surface area contributed by atoms with Crippen LogP contribution in [0.1, 0.15) is 42.6 Å². The number of hydrogen-bond acceptors (Lipinski definition) is 5. The number of aliphatic hydroxyl groups is 1. The number of methoxy groups -OCH3 is 1. The molecule has 1 heterocycles. The van der Waals surface area contributed by atoms with Gasteiger partial charge in [0, 0.05) is 15.7 Å². The van der Waals surface area contributed by atoms with Gasteiger partial charge in [0.25, 0.3) is 5.91 Å². The Kier molecular flexibility index (Phi) is 7.13. The molecule has 1 atom stereocenters. The highest BCUT2D eigenvalue weighted by atomic mass is 127. The molecule has 6 nitrogen and oxygen atoms in total. The standard InChI is InChI=1S/C22H23F3INO5/c1-4-5-10-27(20(28)14-11-13(30-3)6-8-16(14)26)17-9-7-15(18-19(17)32-12-31-18)21(2,29)22(23,24)25/h6-9,11,29H,4-5,10,12H2,1-3H3. The van der Waals surface area contributed by atoms with Crippen molar-refractivity contribution in [1.82, 2.24) is 0 Å². The number of fused-ring (bicyclic) bond motifs is 1.